The highest BCUT2D eigenvalue weighted by Crippen LogP contribution is 2.27. The van der Waals surface area contributed by atoms with Gasteiger partial charge in [-0.2, -0.15) is 0 Å². The third-order valence-electron chi connectivity index (χ3n) is 4.71. The zero-order valence-corrected chi connectivity index (χ0v) is 16.2. The van der Waals surface area contributed by atoms with E-state index in [1.54, 1.807) is 0 Å². The van der Waals surface area contributed by atoms with Crippen molar-refractivity contribution >= 4 is 34.1 Å². The van der Waals surface area contributed by atoms with Crippen LogP contribution in [0.5, 0.6) is 0 Å². The van der Waals surface area contributed by atoms with Crippen LogP contribution in [0.15, 0.2) is 28.6 Å². The molecule has 0 saturated carbocycles. The topological polar surface area (TPSA) is 67.3 Å². The van der Waals surface area contributed by atoms with Crippen LogP contribution in [0.4, 0.5) is 5.13 Å². The number of thioether (sulfide) groups is 1. The normalized spacial score (nSPS) is 19.4. The predicted molar refractivity (Wildman–Crippen MR) is 104 cm³/mol. The molecule has 6 nitrogen and oxygen atoms in total. The van der Waals surface area contributed by atoms with Crippen LogP contribution in [0.1, 0.15) is 24.0 Å². The average Bonchev–Trinajstić information content (AvgIpc) is 3.36. The maximum Gasteiger partial charge on any atom is 0.233 e. The van der Waals surface area contributed by atoms with Crippen LogP contribution in [-0.4, -0.2) is 52.6 Å². The van der Waals surface area contributed by atoms with Gasteiger partial charge in [0.2, 0.25) is 11.0 Å². The largest absolute Gasteiger partial charge is 0.376 e. The summed E-state index contributed by atoms with van der Waals surface area (Å²) in [4.78, 5) is 14.5. The molecule has 1 aromatic heterocycles. The van der Waals surface area contributed by atoms with Gasteiger partial charge in [-0.3, -0.25) is 4.79 Å². The van der Waals surface area contributed by atoms with Gasteiger partial charge >= 0.3 is 0 Å². The quantitative estimate of drug-likeness (QED) is 0.765. The van der Waals surface area contributed by atoms with Gasteiger partial charge in [0.05, 0.1) is 11.9 Å². The van der Waals surface area contributed by atoms with Crippen molar-refractivity contribution in [2.45, 2.75) is 36.3 Å². The molecule has 0 spiro atoms. The Morgan fingerprint density at radius 1 is 1.35 bits per heavy atom. The lowest BCUT2D eigenvalue weighted by Crippen LogP contribution is -2.37. The van der Waals surface area contributed by atoms with E-state index in [1.165, 1.54) is 34.2 Å². The first-order valence-electron chi connectivity index (χ1n) is 8.94. The van der Waals surface area contributed by atoms with Gasteiger partial charge in [-0.1, -0.05) is 47.4 Å². The molecule has 1 aromatic carbocycles. The van der Waals surface area contributed by atoms with E-state index in [1.807, 2.05) is 11.0 Å². The van der Waals surface area contributed by atoms with Crippen LogP contribution in [0.25, 0.3) is 0 Å². The van der Waals surface area contributed by atoms with E-state index in [0.717, 1.165) is 48.4 Å². The number of ether oxygens (including phenoxy) is 1. The second-order valence-corrected chi connectivity index (χ2v) is 8.71. The lowest BCUT2D eigenvalue weighted by atomic mass is 10.00. The molecule has 1 atom stereocenters. The Morgan fingerprint density at radius 3 is 3.08 bits per heavy atom. The zero-order chi connectivity index (χ0) is 17.8. The highest BCUT2D eigenvalue weighted by molar-refractivity contribution is 8.01. The molecule has 26 heavy (non-hydrogen) atoms. The number of carbonyl (C=O) groups excluding carboxylic acids is 1. The zero-order valence-electron chi connectivity index (χ0n) is 14.5. The van der Waals surface area contributed by atoms with E-state index < -0.39 is 0 Å². The van der Waals surface area contributed by atoms with Crippen LogP contribution in [0.2, 0.25) is 0 Å². The summed E-state index contributed by atoms with van der Waals surface area (Å²) in [5.74, 6) is 0.566. The molecular weight excluding hydrogens is 368 g/mol. The minimum absolute atomic E-state index is 0.161. The number of benzene rings is 1. The Hall–Kier alpha value is -1.64. The molecule has 3 heterocycles. The Kier molecular flexibility index (Phi) is 5.72. The molecule has 2 aliphatic heterocycles. The number of hydrogen-bond donors (Lipinski definition) is 1. The lowest BCUT2D eigenvalue weighted by Gasteiger charge is -2.28. The van der Waals surface area contributed by atoms with Crippen molar-refractivity contribution in [3.63, 3.8) is 0 Å². The second kappa shape index (κ2) is 8.37. The fourth-order valence-electron chi connectivity index (χ4n) is 3.27. The molecule has 2 aromatic rings. The third kappa shape index (κ3) is 4.36. The van der Waals surface area contributed by atoms with Crippen molar-refractivity contribution in [3.05, 3.63) is 35.4 Å². The minimum Gasteiger partial charge on any atom is -0.376 e. The summed E-state index contributed by atoms with van der Waals surface area (Å²) < 4.78 is 6.42. The highest BCUT2D eigenvalue weighted by Gasteiger charge is 2.21. The number of nitrogens with zero attached hydrogens (tertiary/aromatic N) is 3. The van der Waals surface area contributed by atoms with E-state index in [4.69, 9.17) is 4.74 Å². The Balaban J connectivity index is 1.24. The predicted octanol–water partition coefficient (Wildman–Crippen LogP) is 2.81. The standard InChI is InChI=1S/C18H22N4O2S2/c23-16(22-8-7-13-4-1-2-5-14(13)11-22)12-25-18-21-20-17(26-18)19-10-15-6-3-9-24-15/h1-2,4-5,15H,3,6-12H2,(H,19,20). The Bertz CT molecular complexity index is 761. The number of carbonyl (C=O) groups is 1. The van der Waals surface area contributed by atoms with Crippen molar-refractivity contribution in [3.8, 4) is 0 Å². The van der Waals surface area contributed by atoms with Crippen LogP contribution in [-0.2, 0) is 22.5 Å². The minimum atomic E-state index is 0.161. The van der Waals surface area contributed by atoms with Gasteiger partial charge < -0.3 is 15.0 Å². The second-order valence-electron chi connectivity index (χ2n) is 6.51. The molecule has 0 bridgehead atoms. The molecule has 1 amide bonds. The molecule has 1 N–H and O–H groups in total. The molecule has 1 fully saturated rings. The smallest absolute Gasteiger partial charge is 0.233 e. The summed E-state index contributed by atoms with van der Waals surface area (Å²) in [6.07, 6.45) is 3.44. The monoisotopic (exact) mass is 390 g/mol. The average molecular weight is 391 g/mol. The van der Waals surface area contributed by atoms with Crippen molar-refractivity contribution in [2.24, 2.45) is 0 Å². The first kappa shape index (κ1) is 17.8. The van der Waals surface area contributed by atoms with Crippen molar-refractivity contribution in [2.75, 3.05) is 30.8 Å². The molecule has 1 saturated heterocycles. The Morgan fingerprint density at radius 2 is 2.23 bits per heavy atom. The van der Waals surface area contributed by atoms with Gasteiger partial charge in [0, 0.05) is 26.2 Å². The molecule has 4 rings (SSSR count). The van der Waals surface area contributed by atoms with Crippen molar-refractivity contribution in [1.29, 1.82) is 0 Å². The summed E-state index contributed by atoms with van der Waals surface area (Å²) >= 11 is 2.96. The molecule has 2 aliphatic rings. The fraction of sp³-hybridized carbons (Fsp3) is 0.500. The molecule has 1 unspecified atom stereocenters. The lowest BCUT2D eigenvalue weighted by molar-refractivity contribution is -0.129. The van der Waals surface area contributed by atoms with E-state index in [9.17, 15) is 4.79 Å². The van der Waals surface area contributed by atoms with Gasteiger partial charge in [0.1, 0.15) is 0 Å². The number of fused-ring (bicyclic) bond motifs is 1. The number of nitrogens with one attached hydrogen (secondary N) is 1. The van der Waals surface area contributed by atoms with E-state index >= 15 is 0 Å². The number of anilines is 1. The summed E-state index contributed by atoms with van der Waals surface area (Å²) in [6, 6.07) is 8.36. The molecular formula is C18H22N4O2S2. The van der Waals surface area contributed by atoms with Crippen molar-refractivity contribution < 1.29 is 9.53 Å². The van der Waals surface area contributed by atoms with Gasteiger partial charge in [0.15, 0.2) is 4.34 Å². The first-order chi connectivity index (χ1) is 12.8. The van der Waals surface area contributed by atoms with Gasteiger partial charge in [0.25, 0.3) is 0 Å². The number of rotatable bonds is 6. The van der Waals surface area contributed by atoms with Crippen LogP contribution >= 0.6 is 23.1 Å². The van der Waals surface area contributed by atoms with Crippen LogP contribution < -0.4 is 5.32 Å². The highest BCUT2D eigenvalue weighted by atomic mass is 32.2. The van der Waals surface area contributed by atoms with E-state index in [0.29, 0.717) is 12.3 Å². The summed E-state index contributed by atoms with van der Waals surface area (Å²) in [7, 11) is 0. The third-order valence-corrected chi connectivity index (χ3v) is 6.71. The maximum absolute atomic E-state index is 12.5. The van der Waals surface area contributed by atoms with Crippen molar-refractivity contribution in [1.82, 2.24) is 15.1 Å². The molecule has 0 radical (unpaired) electrons. The summed E-state index contributed by atoms with van der Waals surface area (Å²) in [5, 5.41) is 12.4. The van der Waals surface area contributed by atoms with Gasteiger partial charge in [-0.15, -0.1) is 10.2 Å². The van der Waals surface area contributed by atoms with Gasteiger partial charge in [-0.05, 0) is 30.4 Å². The SMILES string of the molecule is O=C(CSc1nnc(NCC2CCCO2)s1)N1CCc2ccccc2C1. The van der Waals surface area contributed by atoms with Crippen LogP contribution in [0.3, 0.4) is 0 Å². The van der Waals surface area contributed by atoms with Crippen LogP contribution in [0, 0.1) is 0 Å². The maximum atomic E-state index is 12.5. The Labute approximate surface area is 161 Å². The number of aromatic nitrogens is 2. The summed E-state index contributed by atoms with van der Waals surface area (Å²) in [6.45, 7) is 3.12. The fourth-order valence-corrected chi connectivity index (χ4v) is 4.93. The first-order valence-corrected chi connectivity index (χ1v) is 10.7. The van der Waals surface area contributed by atoms with E-state index in [-0.39, 0.29) is 12.0 Å². The molecule has 0 aliphatic carbocycles. The number of amides is 1. The molecule has 138 valence electrons. The molecule has 8 heteroatoms. The van der Waals surface area contributed by atoms with Gasteiger partial charge in [-0.25, -0.2) is 0 Å². The number of hydrogen-bond acceptors (Lipinski definition) is 7. The van der Waals surface area contributed by atoms with E-state index in [2.05, 4.69) is 33.7 Å². The summed E-state index contributed by atoms with van der Waals surface area (Å²) in [5.41, 5.74) is 2.61.